The molecule has 3 N–H and O–H groups in total. The Hall–Kier alpha value is -1.55. The molecule has 1 aromatic rings. The van der Waals surface area contributed by atoms with Crippen molar-refractivity contribution in [3.63, 3.8) is 0 Å². The molecule has 0 saturated heterocycles. The molecule has 1 fully saturated rings. The second-order valence-corrected chi connectivity index (χ2v) is 5.01. The van der Waals surface area contributed by atoms with Crippen molar-refractivity contribution in [1.82, 2.24) is 10.6 Å². The van der Waals surface area contributed by atoms with Crippen LogP contribution in [0.2, 0.25) is 0 Å². The molecule has 1 atom stereocenters. The lowest BCUT2D eigenvalue weighted by molar-refractivity contribution is -0.120. The van der Waals surface area contributed by atoms with Gasteiger partial charge < -0.3 is 15.7 Å². The fourth-order valence-corrected chi connectivity index (χ4v) is 1.88. The van der Waals surface area contributed by atoms with E-state index >= 15 is 0 Å². The molecule has 1 aromatic carbocycles. The number of aromatic hydroxyl groups is 1. The second-order valence-electron chi connectivity index (χ2n) is 5.01. The quantitative estimate of drug-likeness (QED) is 0.742. The summed E-state index contributed by atoms with van der Waals surface area (Å²) in [6.45, 7) is 4.21. The molecule has 4 nitrogen and oxygen atoms in total. The van der Waals surface area contributed by atoms with Crippen LogP contribution in [0.25, 0.3) is 0 Å². The first-order valence-corrected chi connectivity index (χ1v) is 6.38. The molecule has 1 aliphatic rings. The molecule has 0 heterocycles. The Balaban J connectivity index is 1.87. The average molecular weight is 248 g/mol. The van der Waals surface area contributed by atoms with Gasteiger partial charge in [0.1, 0.15) is 5.75 Å². The highest BCUT2D eigenvalue weighted by atomic mass is 16.3. The smallest absolute Gasteiger partial charge is 0.234 e. The minimum Gasteiger partial charge on any atom is -0.508 e. The summed E-state index contributed by atoms with van der Waals surface area (Å²) in [5.41, 5.74) is 1.92. The highest BCUT2D eigenvalue weighted by molar-refractivity contribution is 5.78. The molecule has 0 aromatic heterocycles. The van der Waals surface area contributed by atoms with E-state index in [2.05, 4.69) is 10.6 Å². The Morgan fingerprint density at radius 1 is 1.50 bits per heavy atom. The monoisotopic (exact) mass is 248 g/mol. The van der Waals surface area contributed by atoms with Crippen molar-refractivity contribution in [2.45, 2.75) is 38.8 Å². The lowest BCUT2D eigenvalue weighted by Gasteiger charge is -2.16. The fourth-order valence-electron chi connectivity index (χ4n) is 1.88. The lowest BCUT2D eigenvalue weighted by Crippen LogP contribution is -2.36. The van der Waals surface area contributed by atoms with Crippen molar-refractivity contribution in [1.29, 1.82) is 0 Å². The third-order valence-corrected chi connectivity index (χ3v) is 3.16. The highest BCUT2D eigenvalue weighted by Gasteiger charge is 2.23. The average Bonchev–Trinajstić information content (AvgIpc) is 3.13. The Morgan fingerprint density at radius 2 is 2.22 bits per heavy atom. The Kier molecular flexibility index (Phi) is 3.87. The summed E-state index contributed by atoms with van der Waals surface area (Å²) in [6, 6.07) is 5.83. The molecule has 1 amide bonds. The number of rotatable bonds is 5. The number of phenols is 1. The molecule has 1 saturated carbocycles. The van der Waals surface area contributed by atoms with Gasteiger partial charge in [-0.15, -0.1) is 0 Å². The molecule has 4 heteroatoms. The van der Waals surface area contributed by atoms with Crippen LogP contribution in [0, 0.1) is 6.92 Å². The standard InChI is InChI=1S/C14H20N2O2/c1-9-3-6-13(17)12(7-9)10(2)15-8-14(18)16-11-4-5-11/h3,6-7,10-11,15,17H,4-5,8H2,1-2H3,(H,16,18). The molecule has 0 spiro atoms. The van der Waals surface area contributed by atoms with E-state index in [0.717, 1.165) is 24.0 Å². The summed E-state index contributed by atoms with van der Waals surface area (Å²) in [7, 11) is 0. The van der Waals surface area contributed by atoms with Crippen LogP contribution >= 0.6 is 0 Å². The van der Waals surface area contributed by atoms with Gasteiger partial charge >= 0.3 is 0 Å². The number of hydrogen-bond donors (Lipinski definition) is 3. The van der Waals surface area contributed by atoms with E-state index < -0.39 is 0 Å². The van der Waals surface area contributed by atoms with Crippen molar-refractivity contribution >= 4 is 5.91 Å². The first-order chi connectivity index (χ1) is 8.56. The normalized spacial score (nSPS) is 16.3. The minimum atomic E-state index is -0.0464. The van der Waals surface area contributed by atoms with E-state index in [1.54, 1.807) is 6.07 Å². The van der Waals surface area contributed by atoms with E-state index in [1.807, 2.05) is 26.0 Å². The third kappa shape index (κ3) is 3.47. The van der Waals surface area contributed by atoms with Gasteiger partial charge in [-0.3, -0.25) is 4.79 Å². The van der Waals surface area contributed by atoms with Gasteiger partial charge in [-0.2, -0.15) is 0 Å². The van der Waals surface area contributed by atoms with E-state index in [-0.39, 0.29) is 24.2 Å². The number of nitrogens with one attached hydrogen (secondary N) is 2. The van der Waals surface area contributed by atoms with Crippen LogP contribution in [0.5, 0.6) is 5.75 Å². The molecule has 98 valence electrons. The van der Waals surface area contributed by atoms with Crippen molar-refractivity contribution in [2.75, 3.05) is 6.54 Å². The largest absolute Gasteiger partial charge is 0.508 e. The van der Waals surface area contributed by atoms with Crippen molar-refractivity contribution in [2.24, 2.45) is 0 Å². The van der Waals surface area contributed by atoms with Crippen molar-refractivity contribution in [3.8, 4) is 5.75 Å². The van der Waals surface area contributed by atoms with Crippen LogP contribution in [-0.2, 0) is 4.79 Å². The van der Waals surface area contributed by atoms with Gasteiger partial charge in [-0.25, -0.2) is 0 Å². The predicted octanol–water partition coefficient (Wildman–Crippen LogP) is 1.63. The maximum Gasteiger partial charge on any atom is 0.234 e. The molecule has 1 aliphatic carbocycles. The first kappa shape index (κ1) is 12.9. The van der Waals surface area contributed by atoms with Crippen LogP contribution in [0.15, 0.2) is 18.2 Å². The van der Waals surface area contributed by atoms with Crippen LogP contribution < -0.4 is 10.6 Å². The number of aryl methyl sites for hydroxylation is 1. The summed E-state index contributed by atoms with van der Waals surface area (Å²) in [4.78, 5) is 11.5. The molecule has 0 radical (unpaired) electrons. The van der Waals surface area contributed by atoms with Crippen molar-refractivity contribution in [3.05, 3.63) is 29.3 Å². The van der Waals surface area contributed by atoms with Gasteiger partial charge in [0, 0.05) is 17.6 Å². The number of carbonyl (C=O) groups excluding carboxylic acids is 1. The Bertz CT molecular complexity index is 441. The van der Waals surface area contributed by atoms with Crippen LogP contribution in [0.4, 0.5) is 0 Å². The predicted molar refractivity (Wildman–Crippen MR) is 70.4 cm³/mol. The maximum absolute atomic E-state index is 11.5. The van der Waals surface area contributed by atoms with Gasteiger partial charge in [0.2, 0.25) is 5.91 Å². The number of hydrogen-bond acceptors (Lipinski definition) is 3. The summed E-state index contributed by atoms with van der Waals surface area (Å²) in [5.74, 6) is 0.291. The van der Waals surface area contributed by atoms with E-state index in [1.165, 1.54) is 0 Å². The molecule has 1 unspecified atom stereocenters. The van der Waals surface area contributed by atoms with E-state index in [4.69, 9.17) is 0 Å². The van der Waals surface area contributed by atoms with E-state index in [0.29, 0.717) is 6.04 Å². The molecule has 0 aliphatic heterocycles. The van der Waals surface area contributed by atoms with Crippen LogP contribution in [-0.4, -0.2) is 23.6 Å². The molecular weight excluding hydrogens is 228 g/mol. The summed E-state index contributed by atoms with van der Waals surface area (Å²) in [5, 5.41) is 15.8. The first-order valence-electron chi connectivity index (χ1n) is 6.38. The zero-order chi connectivity index (χ0) is 13.1. The van der Waals surface area contributed by atoms with Gasteiger partial charge in [0.25, 0.3) is 0 Å². The van der Waals surface area contributed by atoms with Gasteiger partial charge in [-0.1, -0.05) is 17.7 Å². The number of amides is 1. The molecule has 0 bridgehead atoms. The third-order valence-electron chi connectivity index (χ3n) is 3.16. The zero-order valence-corrected chi connectivity index (χ0v) is 10.9. The Morgan fingerprint density at radius 3 is 2.89 bits per heavy atom. The summed E-state index contributed by atoms with van der Waals surface area (Å²) in [6.07, 6.45) is 2.19. The second kappa shape index (κ2) is 5.40. The number of phenolic OH excluding ortho intramolecular Hbond substituents is 1. The Labute approximate surface area is 107 Å². The molecule has 18 heavy (non-hydrogen) atoms. The summed E-state index contributed by atoms with van der Waals surface area (Å²) < 4.78 is 0. The molecular formula is C14H20N2O2. The number of carbonyl (C=O) groups is 1. The van der Waals surface area contributed by atoms with Gasteiger partial charge in [0.05, 0.1) is 6.54 Å². The number of benzene rings is 1. The molecule has 2 rings (SSSR count). The maximum atomic E-state index is 11.5. The van der Waals surface area contributed by atoms with Crippen molar-refractivity contribution < 1.29 is 9.90 Å². The van der Waals surface area contributed by atoms with Crippen LogP contribution in [0.3, 0.4) is 0 Å². The fraction of sp³-hybridized carbons (Fsp3) is 0.500. The lowest BCUT2D eigenvalue weighted by atomic mass is 10.0. The topological polar surface area (TPSA) is 61.4 Å². The van der Waals surface area contributed by atoms with Crippen LogP contribution in [0.1, 0.15) is 36.9 Å². The summed E-state index contributed by atoms with van der Waals surface area (Å²) >= 11 is 0. The zero-order valence-electron chi connectivity index (χ0n) is 10.9. The highest BCUT2D eigenvalue weighted by Crippen LogP contribution is 2.24. The van der Waals surface area contributed by atoms with Gasteiger partial charge in [0.15, 0.2) is 0 Å². The van der Waals surface area contributed by atoms with Gasteiger partial charge in [-0.05, 0) is 32.8 Å². The SMILES string of the molecule is Cc1ccc(O)c(C(C)NCC(=O)NC2CC2)c1. The van der Waals surface area contributed by atoms with E-state index in [9.17, 15) is 9.90 Å². The minimum absolute atomic E-state index is 0.0245.